The third-order valence-corrected chi connectivity index (χ3v) is 2.04. The summed E-state index contributed by atoms with van der Waals surface area (Å²) in [7, 11) is 3.26. The van der Waals surface area contributed by atoms with Crippen molar-refractivity contribution in [2.45, 2.75) is 25.3 Å². The van der Waals surface area contributed by atoms with Gasteiger partial charge in [0.05, 0.1) is 6.04 Å². The third-order valence-electron chi connectivity index (χ3n) is 2.04. The molecule has 90 valence electrons. The summed E-state index contributed by atoms with van der Waals surface area (Å²) in [4.78, 5) is 11.4. The first-order valence-corrected chi connectivity index (χ1v) is 5.23. The first-order valence-electron chi connectivity index (χ1n) is 5.23. The lowest BCUT2D eigenvalue weighted by Crippen LogP contribution is -2.41. The Morgan fingerprint density at radius 2 is 1.93 bits per heavy atom. The first kappa shape index (κ1) is 14.3. The van der Waals surface area contributed by atoms with Crippen molar-refractivity contribution in [3.05, 3.63) is 0 Å². The van der Waals surface area contributed by atoms with Crippen molar-refractivity contribution in [2.24, 2.45) is 5.73 Å². The highest BCUT2D eigenvalue weighted by molar-refractivity contribution is 5.81. The molecule has 0 aromatic carbocycles. The summed E-state index contributed by atoms with van der Waals surface area (Å²) in [6.45, 7) is 1.90. The molecule has 1 atom stereocenters. The fourth-order valence-electron chi connectivity index (χ4n) is 1.09. The van der Waals surface area contributed by atoms with Gasteiger partial charge in [0.2, 0.25) is 5.91 Å². The van der Waals surface area contributed by atoms with Crippen LogP contribution in [-0.2, 0) is 14.3 Å². The van der Waals surface area contributed by atoms with E-state index in [1.165, 1.54) is 0 Å². The first-order chi connectivity index (χ1) is 7.22. The van der Waals surface area contributed by atoms with E-state index in [2.05, 4.69) is 5.32 Å². The molecule has 0 aromatic heterocycles. The zero-order valence-corrected chi connectivity index (χ0v) is 9.62. The lowest BCUT2D eigenvalue weighted by atomic mass is 10.2. The molecule has 5 heteroatoms. The second-order valence-corrected chi connectivity index (χ2v) is 3.38. The molecule has 0 aliphatic heterocycles. The SMILES string of the molecule is COCCCCNC(=O)C(N)CCOC. The second-order valence-electron chi connectivity index (χ2n) is 3.38. The second kappa shape index (κ2) is 9.89. The molecule has 0 radical (unpaired) electrons. The monoisotopic (exact) mass is 218 g/mol. The molecule has 5 nitrogen and oxygen atoms in total. The van der Waals surface area contributed by atoms with Gasteiger partial charge in [0.25, 0.3) is 0 Å². The number of carbonyl (C=O) groups is 1. The van der Waals surface area contributed by atoms with E-state index in [1.807, 2.05) is 0 Å². The smallest absolute Gasteiger partial charge is 0.237 e. The predicted octanol–water partition coefficient (Wildman–Crippen LogP) is -0.107. The highest BCUT2D eigenvalue weighted by Crippen LogP contribution is 1.91. The van der Waals surface area contributed by atoms with Crippen molar-refractivity contribution in [2.75, 3.05) is 34.0 Å². The maximum Gasteiger partial charge on any atom is 0.237 e. The van der Waals surface area contributed by atoms with Gasteiger partial charge in [-0.2, -0.15) is 0 Å². The van der Waals surface area contributed by atoms with E-state index in [1.54, 1.807) is 14.2 Å². The maximum atomic E-state index is 11.4. The minimum absolute atomic E-state index is 0.107. The van der Waals surface area contributed by atoms with Crippen molar-refractivity contribution in [3.8, 4) is 0 Å². The molecule has 0 aromatic rings. The summed E-state index contributed by atoms with van der Waals surface area (Å²) in [5, 5.41) is 2.78. The van der Waals surface area contributed by atoms with Gasteiger partial charge in [-0.15, -0.1) is 0 Å². The molecule has 1 amide bonds. The lowest BCUT2D eigenvalue weighted by Gasteiger charge is -2.11. The van der Waals surface area contributed by atoms with Crippen LogP contribution in [-0.4, -0.2) is 45.9 Å². The van der Waals surface area contributed by atoms with Crippen LogP contribution in [0.25, 0.3) is 0 Å². The number of carbonyl (C=O) groups excluding carboxylic acids is 1. The Bertz CT molecular complexity index is 165. The van der Waals surface area contributed by atoms with Gasteiger partial charge in [-0.25, -0.2) is 0 Å². The van der Waals surface area contributed by atoms with E-state index >= 15 is 0 Å². The van der Waals surface area contributed by atoms with Crippen LogP contribution >= 0.6 is 0 Å². The van der Waals surface area contributed by atoms with E-state index in [0.717, 1.165) is 19.4 Å². The average molecular weight is 218 g/mol. The highest BCUT2D eigenvalue weighted by atomic mass is 16.5. The summed E-state index contributed by atoms with van der Waals surface area (Å²) in [5.74, 6) is -0.107. The van der Waals surface area contributed by atoms with Crippen LogP contribution in [0.5, 0.6) is 0 Å². The Morgan fingerprint density at radius 1 is 1.27 bits per heavy atom. The molecule has 0 saturated carbocycles. The van der Waals surface area contributed by atoms with Crippen LogP contribution in [0, 0.1) is 0 Å². The van der Waals surface area contributed by atoms with E-state index in [-0.39, 0.29) is 5.91 Å². The quantitative estimate of drug-likeness (QED) is 0.530. The number of methoxy groups -OCH3 is 2. The molecule has 0 rings (SSSR count). The molecule has 0 bridgehead atoms. The van der Waals surface area contributed by atoms with Crippen molar-refractivity contribution >= 4 is 5.91 Å². The molecule has 0 aliphatic carbocycles. The molecule has 0 saturated heterocycles. The summed E-state index contributed by atoms with van der Waals surface area (Å²) >= 11 is 0. The van der Waals surface area contributed by atoms with E-state index in [0.29, 0.717) is 19.6 Å². The number of ether oxygens (including phenoxy) is 2. The minimum Gasteiger partial charge on any atom is -0.385 e. The Balaban J connectivity index is 3.38. The molecular weight excluding hydrogens is 196 g/mol. The van der Waals surface area contributed by atoms with Gasteiger partial charge in [-0.1, -0.05) is 0 Å². The number of unbranched alkanes of at least 4 members (excludes halogenated alkanes) is 1. The number of hydrogen-bond donors (Lipinski definition) is 2. The predicted molar refractivity (Wildman–Crippen MR) is 58.6 cm³/mol. The minimum atomic E-state index is -0.465. The Kier molecular flexibility index (Phi) is 9.46. The molecule has 0 heterocycles. The number of nitrogens with one attached hydrogen (secondary N) is 1. The van der Waals surface area contributed by atoms with Gasteiger partial charge in [0, 0.05) is 34.0 Å². The van der Waals surface area contributed by atoms with Gasteiger partial charge in [0.15, 0.2) is 0 Å². The summed E-state index contributed by atoms with van der Waals surface area (Å²) in [6.07, 6.45) is 2.42. The lowest BCUT2D eigenvalue weighted by molar-refractivity contribution is -0.122. The van der Waals surface area contributed by atoms with Gasteiger partial charge in [-0.05, 0) is 19.3 Å². The largest absolute Gasteiger partial charge is 0.385 e. The fourth-order valence-corrected chi connectivity index (χ4v) is 1.09. The van der Waals surface area contributed by atoms with E-state index in [9.17, 15) is 4.79 Å². The number of rotatable bonds is 9. The Morgan fingerprint density at radius 3 is 2.53 bits per heavy atom. The number of hydrogen-bond acceptors (Lipinski definition) is 4. The van der Waals surface area contributed by atoms with Crippen LogP contribution in [0.2, 0.25) is 0 Å². The fraction of sp³-hybridized carbons (Fsp3) is 0.900. The summed E-state index contributed by atoms with van der Waals surface area (Å²) in [5.41, 5.74) is 5.63. The summed E-state index contributed by atoms with van der Waals surface area (Å²) in [6, 6.07) is -0.465. The van der Waals surface area contributed by atoms with E-state index < -0.39 is 6.04 Å². The Hall–Kier alpha value is -0.650. The molecule has 15 heavy (non-hydrogen) atoms. The highest BCUT2D eigenvalue weighted by Gasteiger charge is 2.11. The molecule has 0 spiro atoms. The topological polar surface area (TPSA) is 73.6 Å². The third kappa shape index (κ3) is 8.35. The zero-order chi connectivity index (χ0) is 11.5. The van der Waals surface area contributed by atoms with Crippen LogP contribution in [0.3, 0.4) is 0 Å². The molecular formula is C10H22N2O3. The van der Waals surface area contributed by atoms with Crippen LogP contribution in [0.4, 0.5) is 0 Å². The van der Waals surface area contributed by atoms with Gasteiger partial charge >= 0.3 is 0 Å². The number of nitrogens with two attached hydrogens (primary N) is 1. The van der Waals surface area contributed by atoms with Gasteiger partial charge in [0.1, 0.15) is 0 Å². The molecule has 3 N–H and O–H groups in total. The van der Waals surface area contributed by atoms with Crippen LogP contribution < -0.4 is 11.1 Å². The average Bonchev–Trinajstić information content (AvgIpc) is 2.25. The van der Waals surface area contributed by atoms with Crippen molar-refractivity contribution < 1.29 is 14.3 Å². The van der Waals surface area contributed by atoms with Crippen molar-refractivity contribution in [1.29, 1.82) is 0 Å². The molecule has 0 aliphatic rings. The zero-order valence-electron chi connectivity index (χ0n) is 9.62. The van der Waals surface area contributed by atoms with Crippen molar-refractivity contribution in [3.63, 3.8) is 0 Å². The molecule has 0 fully saturated rings. The summed E-state index contributed by atoms with van der Waals surface area (Å²) < 4.78 is 9.74. The molecule has 1 unspecified atom stereocenters. The van der Waals surface area contributed by atoms with Crippen LogP contribution in [0.1, 0.15) is 19.3 Å². The normalized spacial score (nSPS) is 12.5. The van der Waals surface area contributed by atoms with Gasteiger partial charge in [-0.3, -0.25) is 4.79 Å². The van der Waals surface area contributed by atoms with Gasteiger partial charge < -0.3 is 20.5 Å². The van der Waals surface area contributed by atoms with Crippen molar-refractivity contribution in [1.82, 2.24) is 5.32 Å². The standard InChI is InChI=1S/C10H22N2O3/c1-14-7-4-3-6-12-10(13)9(11)5-8-15-2/h9H,3-8,11H2,1-2H3,(H,12,13). The Labute approximate surface area is 91.3 Å². The van der Waals surface area contributed by atoms with Crippen LogP contribution in [0.15, 0.2) is 0 Å². The van der Waals surface area contributed by atoms with E-state index in [4.69, 9.17) is 15.2 Å². The maximum absolute atomic E-state index is 11.4. The number of amides is 1.